The van der Waals surface area contributed by atoms with E-state index in [-0.39, 0.29) is 35.5 Å². The average Bonchev–Trinajstić information content (AvgIpc) is 3.27. The molecule has 4 aromatic rings. The molecule has 0 aliphatic rings. The topological polar surface area (TPSA) is 77.6 Å². The summed E-state index contributed by atoms with van der Waals surface area (Å²) in [6.07, 6.45) is 0.353. The minimum absolute atomic E-state index is 0.152. The van der Waals surface area contributed by atoms with E-state index in [9.17, 15) is 18.0 Å². The van der Waals surface area contributed by atoms with Gasteiger partial charge in [0.2, 0.25) is 5.91 Å². The lowest BCUT2D eigenvalue weighted by Crippen LogP contribution is -2.19. The summed E-state index contributed by atoms with van der Waals surface area (Å²) in [6, 6.07) is 7.69. The van der Waals surface area contributed by atoms with Crippen LogP contribution < -0.4 is 5.32 Å². The van der Waals surface area contributed by atoms with Gasteiger partial charge in [0.25, 0.3) is 6.43 Å². The third kappa shape index (κ3) is 4.27. The summed E-state index contributed by atoms with van der Waals surface area (Å²) in [6.45, 7) is 3.22. The van der Waals surface area contributed by atoms with Crippen LogP contribution >= 0.6 is 0 Å². The van der Waals surface area contributed by atoms with Crippen LogP contribution in [0.5, 0.6) is 0 Å². The number of hydrogen-bond donors (Lipinski definition) is 1. The molecular formula is C21H19F3N6O. The molecule has 7 nitrogen and oxygen atoms in total. The van der Waals surface area contributed by atoms with Crippen LogP contribution in [0.3, 0.4) is 0 Å². The summed E-state index contributed by atoms with van der Waals surface area (Å²) in [5, 5.41) is 11.3. The fraction of sp³-hybridized carbons (Fsp3) is 0.238. The Hall–Kier alpha value is -3.69. The van der Waals surface area contributed by atoms with Gasteiger partial charge in [-0.05, 0) is 26.0 Å². The predicted octanol–water partition coefficient (Wildman–Crippen LogP) is 4.01. The van der Waals surface area contributed by atoms with Gasteiger partial charge in [-0.15, -0.1) is 0 Å². The summed E-state index contributed by atoms with van der Waals surface area (Å²) in [7, 11) is 0. The van der Waals surface area contributed by atoms with Gasteiger partial charge in [-0.1, -0.05) is 18.2 Å². The van der Waals surface area contributed by atoms with Crippen molar-refractivity contribution >= 4 is 22.6 Å². The zero-order valence-electron chi connectivity index (χ0n) is 16.8. The average molecular weight is 428 g/mol. The molecule has 0 aliphatic heterocycles. The minimum atomic E-state index is -2.67. The summed E-state index contributed by atoms with van der Waals surface area (Å²) in [5.74, 6) is -0.757. The number of nitrogens with zero attached hydrogens (tertiary/aromatic N) is 5. The maximum Gasteiger partial charge on any atom is 0.264 e. The number of hydrogen-bond acceptors (Lipinski definition) is 4. The first-order valence-electron chi connectivity index (χ1n) is 9.50. The highest BCUT2D eigenvalue weighted by molar-refractivity contribution is 5.91. The Bertz CT molecular complexity index is 1260. The highest BCUT2D eigenvalue weighted by Crippen LogP contribution is 2.29. The largest absolute Gasteiger partial charge is 0.322 e. The van der Waals surface area contributed by atoms with Crippen LogP contribution in [0.1, 0.15) is 28.9 Å². The number of anilines is 1. The third-order valence-electron chi connectivity index (χ3n) is 4.77. The number of aromatic nitrogens is 5. The van der Waals surface area contributed by atoms with E-state index in [4.69, 9.17) is 0 Å². The van der Waals surface area contributed by atoms with Gasteiger partial charge in [0, 0.05) is 23.0 Å². The molecule has 0 radical (unpaired) electrons. The lowest BCUT2D eigenvalue weighted by atomic mass is 10.1. The Balaban J connectivity index is 1.50. The van der Waals surface area contributed by atoms with Crippen LogP contribution in [-0.4, -0.2) is 30.5 Å². The van der Waals surface area contributed by atoms with Gasteiger partial charge < -0.3 is 5.32 Å². The molecule has 0 fully saturated rings. The van der Waals surface area contributed by atoms with Crippen molar-refractivity contribution < 1.29 is 18.0 Å². The fourth-order valence-electron chi connectivity index (χ4n) is 3.45. The molecule has 1 amide bonds. The van der Waals surface area contributed by atoms with Crippen molar-refractivity contribution in [3.63, 3.8) is 0 Å². The van der Waals surface area contributed by atoms with Crippen molar-refractivity contribution in [1.82, 2.24) is 24.5 Å². The van der Waals surface area contributed by atoms with Gasteiger partial charge in [0.15, 0.2) is 5.65 Å². The van der Waals surface area contributed by atoms with Gasteiger partial charge in [-0.2, -0.15) is 10.2 Å². The number of nitrogens with one attached hydrogen (secondary N) is 1. The molecule has 0 spiro atoms. The van der Waals surface area contributed by atoms with Crippen LogP contribution in [0.4, 0.5) is 18.9 Å². The number of halogens is 3. The lowest BCUT2D eigenvalue weighted by Gasteiger charge is -2.06. The molecule has 10 heteroatoms. The maximum absolute atomic E-state index is 13.8. The second kappa shape index (κ2) is 8.21. The molecule has 0 saturated carbocycles. The summed E-state index contributed by atoms with van der Waals surface area (Å²) in [5.41, 5.74) is 1.77. The number of benzene rings is 1. The number of aryl methyl sites for hydroxylation is 2. The first-order valence-corrected chi connectivity index (χ1v) is 9.50. The molecule has 0 atom stereocenters. The molecule has 31 heavy (non-hydrogen) atoms. The Morgan fingerprint density at radius 3 is 2.74 bits per heavy atom. The Morgan fingerprint density at radius 2 is 2.00 bits per heavy atom. The number of alkyl halides is 2. The first kappa shape index (κ1) is 20.6. The van der Waals surface area contributed by atoms with Crippen molar-refractivity contribution in [2.45, 2.75) is 33.4 Å². The predicted molar refractivity (Wildman–Crippen MR) is 108 cm³/mol. The lowest BCUT2D eigenvalue weighted by molar-refractivity contribution is -0.116. The van der Waals surface area contributed by atoms with Crippen molar-refractivity contribution in [3.05, 3.63) is 71.1 Å². The van der Waals surface area contributed by atoms with E-state index in [1.54, 1.807) is 38.2 Å². The van der Waals surface area contributed by atoms with Crippen LogP contribution in [0.25, 0.3) is 11.0 Å². The Labute approximate surface area is 175 Å². The molecule has 0 saturated heterocycles. The maximum atomic E-state index is 13.8. The third-order valence-corrected chi connectivity index (χ3v) is 4.77. The van der Waals surface area contributed by atoms with Crippen molar-refractivity contribution in [2.75, 3.05) is 5.32 Å². The summed E-state index contributed by atoms with van der Waals surface area (Å²) >= 11 is 0. The van der Waals surface area contributed by atoms with Crippen molar-refractivity contribution in [1.29, 1.82) is 0 Å². The molecular weight excluding hydrogens is 409 g/mol. The van der Waals surface area contributed by atoms with Gasteiger partial charge >= 0.3 is 0 Å². The van der Waals surface area contributed by atoms with E-state index >= 15 is 0 Å². The van der Waals surface area contributed by atoms with Crippen molar-refractivity contribution in [2.24, 2.45) is 0 Å². The van der Waals surface area contributed by atoms with Crippen LogP contribution in [0.2, 0.25) is 0 Å². The quantitative estimate of drug-likeness (QED) is 0.504. The number of carbonyl (C=O) groups is 1. The molecule has 1 N–H and O–H groups in total. The molecule has 0 unspecified atom stereocenters. The summed E-state index contributed by atoms with van der Waals surface area (Å²) in [4.78, 5) is 16.8. The SMILES string of the molecule is Cc1cc(C(F)F)c2c(C)nn(CC(=O)Nc3cnn(Cc4ccccc4F)c3)c2n1. The van der Waals surface area contributed by atoms with Crippen LogP contribution in [0, 0.1) is 19.7 Å². The zero-order chi connectivity index (χ0) is 22.1. The highest BCUT2D eigenvalue weighted by Gasteiger charge is 2.20. The number of carbonyl (C=O) groups excluding carboxylic acids is 1. The number of pyridine rings is 1. The van der Waals surface area contributed by atoms with Gasteiger partial charge in [0.1, 0.15) is 12.4 Å². The molecule has 3 heterocycles. The smallest absolute Gasteiger partial charge is 0.264 e. The van der Waals surface area contributed by atoms with E-state index in [0.717, 1.165) is 0 Å². The Morgan fingerprint density at radius 1 is 1.23 bits per heavy atom. The van der Waals surface area contributed by atoms with E-state index in [2.05, 4.69) is 20.5 Å². The van der Waals surface area contributed by atoms with E-state index < -0.39 is 12.3 Å². The standard InChI is InChI=1S/C21H19F3N6O/c1-12-7-16(20(23)24)19-13(2)28-30(21(19)26-12)11-18(31)27-15-8-25-29(10-15)9-14-5-3-4-6-17(14)22/h3-8,10,20H,9,11H2,1-2H3,(H,27,31). The van der Waals surface area contributed by atoms with Gasteiger partial charge in [-0.25, -0.2) is 22.8 Å². The molecule has 160 valence electrons. The van der Waals surface area contributed by atoms with E-state index in [0.29, 0.717) is 22.6 Å². The number of fused-ring (bicyclic) bond motifs is 1. The monoisotopic (exact) mass is 428 g/mol. The first-order chi connectivity index (χ1) is 14.8. The zero-order valence-corrected chi connectivity index (χ0v) is 16.8. The van der Waals surface area contributed by atoms with Crippen LogP contribution in [-0.2, 0) is 17.9 Å². The highest BCUT2D eigenvalue weighted by atomic mass is 19.3. The van der Waals surface area contributed by atoms with Gasteiger partial charge in [0.05, 0.1) is 29.5 Å². The molecule has 1 aromatic carbocycles. The summed E-state index contributed by atoms with van der Waals surface area (Å²) < 4.78 is 43.5. The number of amides is 1. The minimum Gasteiger partial charge on any atom is -0.322 e. The van der Waals surface area contributed by atoms with E-state index in [1.165, 1.54) is 27.7 Å². The van der Waals surface area contributed by atoms with Crippen molar-refractivity contribution in [3.8, 4) is 0 Å². The molecule has 0 aliphatic carbocycles. The fourth-order valence-corrected chi connectivity index (χ4v) is 3.45. The second-order valence-electron chi connectivity index (χ2n) is 7.16. The second-order valence-corrected chi connectivity index (χ2v) is 7.16. The number of rotatable bonds is 6. The van der Waals surface area contributed by atoms with E-state index in [1.807, 2.05) is 0 Å². The molecule has 3 aromatic heterocycles. The van der Waals surface area contributed by atoms with Gasteiger partial charge in [-0.3, -0.25) is 9.48 Å². The molecule has 0 bridgehead atoms. The Kier molecular flexibility index (Phi) is 5.45. The normalized spacial score (nSPS) is 11.4. The van der Waals surface area contributed by atoms with Crippen LogP contribution in [0.15, 0.2) is 42.7 Å². The molecule has 4 rings (SSSR count).